The van der Waals surface area contributed by atoms with Crippen LogP contribution in [0.3, 0.4) is 0 Å². The molecule has 0 aliphatic rings. The SMILES string of the molecule is CNc1ncc(C)c(Oc2ccc(CCOC)cc2)n1. The van der Waals surface area contributed by atoms with Crippen molar-refractivity contribution in [2.45, 2.75) is 13.3 Å². The highest BCUT2D eigenvalue weighted by molar-refractivity contribution is 5.36. The Kier molecular flexibility index (Phi) is 4.90. The standard InChI is InChI=1S/C15H19N3O2/c1-11-10-17-15(16-2)18-14(11)20-13-6-4-12(5-7-13)8-9-19-3/h4-7,10H,8-9H2,1-3H3,(H,16,17,18). The average Bonchev–Trinajstić information content (AvgIpc) is 2.49. The van der Waals surface area contributed by atoms with E-state index in [9.17, 15) is 0 Å². The minimum atomic E-state index is 0.544. The van der Waals surface area contributed by atoms with E-state index in [0.717, 1.165) is 24.3 Å². The van der Waals surface area contributed by atoms with E-state index in [1.807, 2.05) is 31.2 Å². The number of aromatic nitrogens is 2. The van der Waals surface area contributed by atoms with Gasteiger partial charge in [0, 0.05) is 25.9 Å². The molecule has 0 unspecified atom stereocenters. The number of nitrogens with zero attached hydrogens (tertiary/aromatic N) is 2. The molecule has 0 aliphatic heterocycles. The number of hydrogen-bond donors (Lipinski definition) is 1. The fraction of sp³-hybridized carbons (Fsp3) is 0.333. The van der Waals surface area contributed by atoms with Gasteiger partial charge in [0.25, 0.3) is 0 Å². The van der Waals surface area contributed by atoms with Gasteiger partial charge in [-0.1, -0.05) is 12.1 Å². The van der Waals surface area contributed by atoms with Crippen molar-refractivity contribution in [2.24, 2.45) is 0 Å². The molecule has 0 atom stereocenters. The van der Waals surface area contributed by atoms with Crippen molar-refractivity contribution in [1.29, 1.82) is 0 Å². The first kappa shape index (κ1) is 14.3. The Balaban J connectivity index is 2.09. The van der Waals surface area contributed by atoms with Gasteiger partial charge >= 0.3 is 0 Å². The predicted molar refractivity (Wildman–Crippen MR) is 78.4 cm³/mol. The Morgan fingerprint density at radius 2 is 1.95 bits per heavy atom. The lowest BCUT2D eigenvalue weighted by atomic mass is 10.1. The first-order chi connectivity index (χ1) is 9.72. The van der Waals surface area contributed by atoms with Crippen LogP contribution < -0.4 is 10.1 Å². The second kappa shape index (κ2) is 6.86. The molecule has 1 N–H and O–H groups in total. The summed E-state index contributed by atoms with van der Waals surface area (Å²) in [5.41, 5.74) is 2.11. The number of nitrogens with one attached hydrogen (secondary N) is 1. The van der Waals surface area contributed by atoms with Gasteiger partial charge in [-0.15, -0.1) is 0 Å². The van der Waals surface area contributed by atoms with Gasteiger partial charge in [0.15, 0.2) is 0 Å². The maximum atomic E-state index is 5.79. The van der Waals surface area contributed by atoms with Crippen molar-refractivity contribution in [3.05, 3.63) is 41.6 Å². The van der Waals surface area contributed by atoms with E-state index in [2.05, 4.69) is 15.3 Å². The highest BCUT2D eigenvalue weighted by Crippen LogP contribution is 2.23. The zero-order valence-electron chi connectivity index (χ0n) is 12.0. The molecule has 0 amide bonds. The van der Waals surface area contributed by atoms with Crippen molar-refractivity contribution in [3.63, 3.8) is 0 Å². The van der Waals surface area contributed by atoms with Gasteiger partial charge in [-0.3, -0.25) is 0 Å². The Morgan fingerprint density at radius 3 is 2.60 bits per heavy atom. The molecule has 0 aliphatic carbocycles. The van der Waals surface area contributed by atoms with Crippen LogP contribution in [0.25, 0.3) is 0 Å². The molecule has 20 heavy (non-hydrogen) atoms. The maximum Gasteiger partial charge on any atom is 0.226 e. The van der Waals surface area contributed by atoms with Crippen molar-refractivity contribution >= 4 is 5.95 Å². The van der Waals surface area contributed by atoms with Gasteiger partial charge in [-0.05, 0) is 31.0 Å². The monoisotopic (exact) mass is 273 g/mol. The van der Waals surface area contributed by atoms with E-state index in [-0.39, 0.29) is 0 Å². The number of anilines is 1. The molecule has 5 heteroatoms. The van der Waals surface area contributed by atoms with Gasteiger partial charge in [0.2, 0.25) is 11.8 Å². The van der Waals surface area contributed by atoms with E-state index in [1.165, 1.54) is 5.56 Å². The molecule has 0 radical (unpaired) electrons. The lowest BCUT2D eigenvalue weighted by Gasteiger charge is -2.09. The molecule has 2 aromatic rings. The average molecular weight is 273 g/mol. The summed E-state index contributed by atoms with van der Waals surface area (Å²) in [6, 6.07) is 7.94. The van der Waals surface area contributed by atoms with E-state index >= 15 is 0 Å². The van der Waals surface area contributed by atoms with E-state index in [1.54, 1.807) is 20.4 Å². The smallest absolute Gasteiger partial charge is 0.226 e. The topological polar surface area (TPSA) is 56.3 Å². The number of rotatable bonds is 6. The molecule has 0 saturated carbocycles. The van der Waals surface area contributed by atoms with Gasteiger partial charge in [-0.25, -0.2) is 4.98 Å². The zero-order valence-corrected chi connectivity index (χ0v) is 12.0. The van der Waals surface area contributed by atoms with Crippen LogP contribution in [0.2, 0.25) is 0 Å². The van der Waals surface area contributed by atoms with Crippen LogP contribution in [0.5, 0.6) is 11.6 Å². The third kappa shape index (κ3) is 3.68. The quantitative estimate of drug-likeness (QED) is 0.877. The molecular weight excluding hydrogens is 254 g/mol. The largest absolute Gasteiger partial charge is 0.439 e. The molecule has 106 valence electrons. The summed E-state index contributed by atoms with van der Waals surface area (Å²) in [5.74, 6) is 1.87. The van der Waals surface area contributed by atoms with Gasteiger partial charge < -0.3 is 14.8 Å². The normalized spacial score (nSPS) is 10.3. The predicted octanol–water partition coefficient (Wildman–Crippen LogP) is 2.81. The minimum Gasteiger partial charge on any atom is -0.439 e. The molecule has 0 bridgehead atoms. The van der Waals surface area contributed by atoms with Crippen LogP contribution in [-0.2, 0) is 11.2 Å². The van der Waals surface area contributed by atoms with Crippen molar-refractivity contribution in [1.82, 2.24) is 9.97 Å². The first-order valence-electron chi connectivity index (χ1n) is 6.50. The Morgan fingerprint density at radius 1 is 1.20 bits per heavy atom. The Bertz CT molecular complexity index is 556. The summed E-state index contributed by atoms with van der Waals surface area (Å²) in [7, 11) is 3.48. The summed E-state index contributed by atoms with van der Waals surface area (Å²) in [5, 5.41) is 2.90. The molecule has 1 heterocycles. The van der Waals surface area contributed by atoms with Crippen LogP contribution in [-0.4, -0.2) is 30.7 Å². The summed E-state index contributed by atoms with van der Waals surface area (Å²) in [4.78, 5) is 8.42. The number of hydrogen-bond acceptors (Lipinski definition) is 5. The molecule has 1 aromatic heterocycles. The summed E-state index contributed by atoms with van der Waals surface area (Å²) < 4.78 is 10.8. The zero-order chi connectivity index (χ0) is 14.4. The third-order valence-corrected chi connectivity index (χ3v) is 2.88. The lowest BCUT2D eigenvalue weighted by Crippen LogP contribution is -2.00. The number of aryl methyl sites for hydroxylation is 1. The van der Waals surface area contributed by atoms with E-state index < -0.39 is 0 Å². The molecule has 0 spiro atoms. The Hall–Kier alpha value is -2.14. The molecular formula is C15H19N3O2. The molecule has 0 saturated heterocycles. The summed E-state index contributed by atoms with van der Waals surface area (Å²) in [6.07, 6.45) is 2.63. The highest BCUT2D eigenvalue weighted by atomic mass is 16.5. The second-order valence-corrected chi connectivity index (χ2v) is 4.42. The van der Waals surface area contributed by atoms with Crippen molar-refractivity contribution in [3.8, 4) is 11.6 Å². The Labute approximate surface area is 119 Å². The van der Waals surface area contributed by atoms with Crippen LogP contribution in [0.1, 0.15) is 11.1 Å². The summed E-state index contributed by atoms with van der Waals surface area (Å²) in [6.45, 7) is 2.64. The van der Waals surface area contributed by atoms with Gasteiger partial charge in [0.1, 0.15) is 5.75 Å². The highest BCUT2D eigenvalue weighted by Gasteiger charge is 2.05. The van der Waals surface area contributed by atoms with E-state index in [0.29, 0.717) is 11.8 Å². The van der Waals surface area contributed by atoms with Crippen LogP contribution in [0, 0.1) is 6.92 Å². The summed E-state index contributed by atoms with van der Waals surface area (Å²) >= 11 is 0. The molecule has 0 fully saturated rings. The number of methoxy groups -OCH3 is 1. The van der Waals surface area contributed by atoms with Crippen LogP contribution in [0.4, 0.5) is 5.95 Å². The van der Waals surface area contributed by atoms with Crippen LogP contribution in [0.15, 0.2) is 30.5 Å². The fourth-order valence-corrected chi connectivity index (χ4v) is 1.71. The van der Waals surface area contributed by atoms with Gasteiger partial charge in [-0.2, -0.15) is 4.98 Å². The first-order valence-corrected chi connectivity index (χ1v) is 6.50. The fourth-order valence-electron chi connectivity index (χ4n) is 1.71. The minimum absolute atomic E-state index is 0.544. The third-order valence-electron chi connectivity index (χ3n) is 2.88. The lowest BCUT2D eigenvalue weighted by molar-refractivity contribution is 0.202. The van der Waals surface area contributed by atoms with Crippen molar-refractivity contribution < 1.29 is 9.47 Å². The second-order valence-electron chi connectivity index (χ2n) is 4.42. The molecule has 1 aromatic carbocycles. The van der Waals surface area contributed by atoms with E-state index in [4.69, 9.17) is 9.47 Å². The van der Waals surface area contributed by atoms with Crippen molar-refractivity contribution in [2.75, 3.05) is 26.1 Å². The number of benzene rings is 1. The maximum absolute atomic E-state index is 5.79. The van der Waals surface area contributed by atoms with Gasteiger partial charge in [0.05, 0.1) is 6.61 Å². The van der Waals surface area contributed by atoms with Crippen LogP contribution >= 0.6 is 0 Å². The molecule has 5 nitrogen and oxygen atoms in total. The molecule has 2 rings (SSSR count). The number of ether oxygens (including phenoxy) is 2.